The van der Waals surface area contributed by atoms with Gasteiger partial charge in [-0.3, -0.25) is 0 Å². The summed E-state index contributed by atoms with van der Waals surface area (Å²) in [5, 5.41) is 3.35. The van der Waals surface area contributed by atoms with E-state index in [2.05, 4.69) is 29.6 Å². The third-order valence-corrected chi connectivity index (χ3v) is 4.16. The van der Waals surface area contributed by atoms with Crippen LogP contribution in [0.4, 0.5) is 0 Å². The quantitative estimate of drug-likeness (QED) is 0.567. The highest BCUT2D eigenvalue weighted by Gasteiger charge is 2.20. The number of hydrogen-bond acceptors (Lipinski definition) is 3. The first-order chi connectivity index (χ1) is 8.38. The van der Waals surface area contributed by atoms with E-state index in [9.17, 15) is 0 Å². The van der Waals surface area contributed by atoms with Crippen LogP contribution in [-0.2, 0) is 11.3 Å². The Morgan fingerprint density at radius 2 is 2.06 bits per heavy atom. The van der Waals surface area contributed by atoms with E-state index in [1.165, 1.54) is 29.1 Å². The van der Waals surface area contributed by atoms with E-state index >= 15 is 0 Å². The van der Waals surface area contributed by atoms with Gasteiger partial charge in [-0.1, -0.05) is 12.1 Å². The molecule has 94 valence electrons. The van der Waals surface area contributed by atoms with Gasteiger partial charge in [0.25, 0.3) is 0 Å². The summed E-state index contributed by atoms with van der Waals surface area (Å²) in [6.45, 7) is 2.61. The minimum Gasteiger partial charge on any atom is -0.383 e. The molecule has 1 aliphatic rings. The zero-order chi connectivity index (χ0) is 11.9. The Labute approximate surface area is 108 Å². The van der Waals surface area contributed by atoms with E-state index < -0.39 is 0 Å². The average molecular weight is 251 g/mol. The summed E-state index contributed by atoms with van der Waals surface area (Å²) in [5.41, 5.74) is 1.34. The molecule has 1 N–H and O–H groups in total. The van der Waals surface area contributed by atoms with Crippen LogP contribution in [0, 0.1) is 5.92 Å². The second-order valence-corrected chi connectivity index (χ2v) is 5.66. The van der Waals surface area contributed by atoms with E-state index in [0.29, 0.717) is 0 Å². The van der Waals surface area contributed by atoms with Crippen LogP contribution in [0.3, 0.4) is 0 Å². The molecule has 1 fully saturated rings. The molecule has 0 bridgehead atoms. The molecule has 1 aromatic rings. The standard InChI is InChI=1S/C14H21NOS/c1-16-9-8-15-10-12-4-6-14(7-5-12)17-11-13-2-3-13/h4-7,13,15H,2-3,8-11H2,1H3. The molecule has 0 aliphatic heterocycles. The fourth-order valence-electron chi connectivity index (χ4n) is 1.61. The van der Waals surface area contributed by atoms with E-state index in [4.69, 9.17) is 4.74 Å². The van der Waals surface area contributed by atoms with Gasteiger partial charge >= 0.3 is 0 Å². The number of ether oxygens (including phenoxy) is 1. The maximum Gasteiger partial charge on any atom is 0.0587 e. The molecule has 0 radical (unpaired) electrons. The lowest BCUT2D eigenvalue weighted by Gasteiger charge is -2.05. The molecular formula is C14H21NOS. The highest BCUT2D eigenvalue weighted by molar-refractivity contribution is 7.99. The Balaban J connectivity index is 1.68. The molecular weight excluding hydrogens is 230 g/mol. The number of hydrogen-bond donors (Lipinski definition) is 1. The van der Waals surface area contributed by atoms with Crippen molar-refractivity contribution in [3.05, 3.63) is 29.8 Å². The molecule has 2 rings (SSSR count). The zero-order valence-corrected chi connectivity index (χ0v) is 11.3. The first-order valence-corrected chi connectivity index (χ1v) is 7.28. The van der Waals surface area contributed by atoms with E-state index in [0.717, 1.165) is 25.6 Å². The maximum absolute atomic E-state index is 4.99. The van der Waals surface area contributed by atoms with Crippen molar-refractivity contribution in [1.29, 1.82) is 0 Å². The van der Waals surface area contributed by atoms with Gasteiger partial charge in [-0.2, -0.15) is 0 Å². The Morgan fingerprint density at radius 1 is 1.29 bits per heavy atom. The summed E-state index contributed by atoms with van der Waals surface area (Å²) in [6.07, 6.45) is 2.88. The summed E-state index contributed by atoms with van der Waals surface area (Å²) in [4.78, 5) is 1.40. The Kier molecular flexibility index (Phi) is 5.36. The van der Waals surface area contributed by atoms with Crippen molar-refractivity contribution in [2.75, 3.05) is 26.0 Å². The molecule has 3 heteroatoms. The predicted octanol–water partition coefficient (Wildman–Crippen LogP) is 2.92. The molecule has 1 saturated carbocycles. The van der Waals surface area contributed by atoms with E-state index in [1.54, 1.807) is 7.11 Å². The van der Waals surface area contributed by atoms with Crippen molar-refractivity contribution in [3.8, 4) is 0 Å². The van der Waals surface area contributed by atoms with Gasteiger partial charge in [0, 0.05) is 30.8 Å². The van der Waals surface area contributed by atoms with Crippen LogP contribution in [0.25, 0.3) is 0 Å². The van der Waals surface area contributed by atoms with Crippen LogP contribution in [0.15, 0.2) is 29.2 Å². The predicted molar refractivity (Wildman–Crippen MR) is 73.5 cm³/mol. The Morgan fingerprint density at radius 3 is 2.71 bits per heavy atom. The van der Waals surface area contributed by atoms with Gasteiger partial charge in [0.05, 0.1) is 6.61 Å². The Bertz CT molecular complexity index is 321. The maximum atomic E-state index is 4.99. The number of methoxy groups -OCH3 is 1. The van der Waals surface area contributed by atoms with Crippen LogP contribution < -0.4 is 5.32 Å². The second-order valence-electron chi connectivity index (χ2n) is 4.57. The smallest absolute Gasteiger partial charge is 0.0587 e. The lowest BCUT2D eigenvalue weighted by molar-refractivity contribution is 0.199. The number of rotatable bonds is 8. The minimum atomic E-state index is 0.773. The highest BCUT2D eigenvalue weighted by atomic mass is 32.2. The molecule has 0 unspecified atom stereocenters. The summed E-state index contributed by atoms with van der Waals surface area (Å²) in [6, 6.07) is 8.91. The normalized spacial score (nSPS) is 15.1. The first-order valence-electron chi connectivity index (χ1n) is 6.30. The molecule has 1 aromatic carbocycles. The summed E-state index contributed by atoms with van der Waals surface area (Å²) in [5.74, 6) is 2.29. The third kappa shape index (κ3) is 5.11. The molecule has 0 amide bonds. The van der Waals surface area contributed by atoms with Crippen molar-refractivity contribution >= 4 is 11.8 Å². The minimum absolute atomic E-state index is 0.773. The van der Waals surface area contributed by atoms with Crippen molar-refractivity contribution in [3.63, 3.8) is 0 Å². The summed E-state index contributed by atoms with van der Waals surface area (Å²) in [7, 11) is 1.73. The lowest BCUT2D eigenvalue weighted by atomic mass is 10.2. The van der Waals surface area contributed by atoms with Crippen LogP contribution in [0.2, 0.25) is 0 Å². The van der Waals surface area contributed by atoms with Crippen molar-refractivity contribution in [2.24, 2.45) is 5.92 Å². The van der Waals surface area contributed by atoms with Gasteiger partial charge < -0.3 is 10.1 Å². The number of benzene rings is 1. The van der Waals surface area contributed by atoms with E-state index in [1.807, 2.05) is 11.8 Å². The molecule has 0 aromatic heterocycles. The van der Waals surface area contributed by atoms with Gasteiger partial charge in [0.2, 0.25) is 0 Å². The van der Waals surface area contributed by atoms with Crippen molar-refractivity contribution < 1.29 is 4.74 Å². The van der Waals surface area contributed by atoms with Crippen LogP contribution in [0.5, 0.6) is 0 Å². The lowest BCUT2D eigenvalue weighted by Crippen LogP contribution is -2.18. The molecule has 0 atom stereocenters. The van der Waals surface area contributed by atoms with Crippen LogP contribution in [0.1, 0.15) is 18.4 Å². The third-order valence-electron chi connectivity index (χ3n) is 2.92. The molecule has 0 heterocycles. The topological polar surface area (TPSA) is 21.3 Å². The molecule has 0 spiro atoms. The zero-order valence-electron chi connectivity index (χ0n) is 10.4. The molecule has 1 aliphatic carbocycles. The monoisotopic (exact) mass is 251 g/mol. The molecule has 0 saturated heterocycles. The van der Waals surface area contributed by atoms with Gasteiger partial charge in [-0.15, -0.1) is 11.8 Å². The van der Waals surface area contributed by atoms with Gasteiger partial charge in [0.15, 0.2) is 0 Å². The van der Waals surface area contributed by atoms with Crippen molar-refractivity contribution in [2.45, 2.75) is 24.3 Å². The van der Waals surface area contributed by atoms with Gasteiger partial charge in [-0.25, -0.2) is 0 Å². The van der Waals surface area contributed by atoms with Crippen molar-refractivity contribution in [1.82, 2.24) is 5.32 Å². The van der Waals surface area contributed by atoms with E-state index in [-0.39, 0.29) is 0 Å². The SMILES string of the molecule is COCCNCc1ccc(SCC2CC2)cc1. The molecule has 2 nitrogen and oxygen atoms in total. The average Bonchev–Trinajstić information content (AvgIpc) is 3.18. The second kappa shape index (κ2) is 7.04. The summed E-state index contributed by atoms with van der Waals surface area (Å²) < 4.78 is 4.99. The fourth-order valence-corrected chi connectivity index (χ4v) is 2.70. The van der Waals surface area contributed by atoms with Crippen LogP contribution >= 0.6 is 11.8 Å². The number of nitrogens with one attached hydrogen (secondary N) is 1. The molecule has 17 heavy (non-hydrogen) atoms. The Hall–Kier alpha value is -0.510. The first kappa shape index (κ1) is 12.9. The van der Waals surface area contributed by atoms with Gasteiger partial charge in [-0.05, 0) is 36.5 Å². The van der Waals surface area contributed by atoms with Gasteiger partial charge in [0.1, 0.15) is 0 Å². The summed E-state index contributed by atoms with van der Waals surface area (Å²) >= 11 is 1.99. The fraction of sp³-hybridized carbons (Fsp3) is 0.571. The largest absolute Gasteiger partial charge is 0.383 e. The highest BCUT2D eigenvalue weighted by Crippen LogP contribution is 2.34. The number of thioether (sulfide) groups is 1. The van der Waals surface area contributed by atoms with Crippen LogP contribution in [-0.4, -0.2) is 26.0 Å².